The topological polar surface area (TPSA) is 99.8 Å². The third-order valence-corrected chi connectivity index (χ3v) is 4.57. The van der Waals surface area contributed by atoms with E-state index >= 15 is 0 Å². The Balaban J connectivity index is 2.73. The number of aromatic nitrogens is 2. The lowest BCUT2D eigenvalue weighted by Crippen LogP contribution is -2.41. The molecular weight excluding hydrogens is 402 g/mol. The van der Waals surface area contributed by atoms with Gasteiger partial charge in [0.1, 0.15) is 11.4 Å². The molecule has 31 heavy (non-hydrogen) atoms. The van der Waals surface area contributed by atoms with E-state index in [0.717, 1.165) is 16.2 Å². The van der Waals surface area contributed by atoms with Crippen molar-refractivity contribution in [1.29, 1.82) is 0 Å². The van der Waals surface area contributed by atoms with Crippen molar-refractivity contribution in [3.05, 3.63) is 67.9 Å². The molecule has 2 aromatic rings. The summed E-state index contributed by atoms with van der Waals surface area (Å²) in [7, 11) is 4.56. The summed E-state index contributed by atoms with van der Waals surface area (Å²) < 4.78 is 12.1. The predicted molar refractivity (Wildman–Crippen MR) is 117 cm³/mol. The number of benzene rings is 1. The number of nitrogens with zero attached hydrogens (tertiary/aromatic N) is 3. The normalized spacial score (nSPS) is 10.4. The standard InChI is InChI=1S/C22H27N3O6/c1-6-30-20(27)17(21(28)31-7-2)13-16-18(24(4)22(29)25(5)19(16)26)23(3)14-15-11-9-8-10-12-15/h8-13H,6-7,14H2,1-5H3. The van der Waals surface area contributed by atoms with Crippen molar-refractivity contribution in [2.24, 2.45) is 14.1 Å². The van der Waals surface area contributed by atoms with Crippen LogP contribution in [0.25, 0.3) is 6.08 Å². The van der Waals surface area contributed by atoms with Gasteiger partial charge in [-0.3, -0.25) is 13.9 Å². The van der Waals surface area contributed by atoms with E-state index in [0.29, 0.717) is 6.54 Å². The van der Waals surface area contributed by atoms with E-state index in [2.05, 4.69) is 0 Å². The first-order valence-electron chi connectivity index (χ1n) is 9.83. The second kappa shape index (κ2) is 10.4. The van der Waals surface area contributed by atoms with Gasteiger partial charge in [0.2, 0.25) is 0 Å². The molecule has 0 saturated carbocycles. The first-order chi connectivity index (χ1) is 14.7. The average molecular weight is 429 g/mol. The van der Waals surface area contributed by atoms with Crippen LogP contribution in [0.4, 0.5) is 5.82 Å². The fourth-order valence-corrected chi connectivity index (χ4v) is 3.14. The number of carbonyl (C=O) groups excluding carboxylic acids is 2. The maximum atomic E-state index is 13.0. The van der Waals surface area contributed by atoms with Gasteiger partial charge in [0.15, 0.2) is 0 Å². The van der Waals surface area contributed by atoms with Crippen molar-refractivity contribution < 1.29 is 19.1 Å². The molecule has 0 aliphatic rings. The smallest absolute Gasteiger partial charge is 0.345 e. The van der Waals surface area contributed by atoms with Crippen molar-refractivity contribution in [1.82, 2.24) is 9.13 Å². The summed E-state index contributed by atoms with van der Waals surface area (Å²) in [5, 5.41) is 0. The summed E-state index contributed by atoms with van der Waals surface area (Å²) in [6, 6.07) is 9.47. The molecule has 9 nitrogen and oxygen atoms in total. The van der Waals surface area contributed by atoms with E-state index in [1.54, 1.807) is 25.8 Å². The van der Waals surface area contributed by atoms with Crippen LogP contribution < -0.4 is 16.1 Å². The van der Waals surface area contributed by atoms with Crippen LogP contribution in [0.1, 0.15) is 25.0 Å². The second-order valence-corrected chi connectivity index (χ2v) is 6.78. The van der Waals surface area contributed by atoms with Crippen LogP contribution in [-0.4, -0.2) is 41.3 Å². The molecule has 0 fully saturated rings. The van der Waals surface area contributed by atoms with Crippen molar-refractivity contribution in [3.8, 4) is 0 Å². The molecule has 2 rings (SSSR count). The van der Waals surface area contributed by atoms with Crippen LogP contribution in [0.3, 0.4) is 0 Å². The Morgan fingerprint density at radius 3 is 2.03 bits per heavy atom. The molecule has 1 aromatic carbocycles. The number of carbonyl (C=O) groups is 2. The van der Waals surface area contributed by atoms with Gasteiger partial charge < -0.3 is 14.4 Å². The highest BCUT2D eigenvalue weighted by Crippen LogP contribution is 2.20. The van der Waals surface area contributed by atoms with Gasteiger partial charge >= 0.3 is 17.6 Å². The SMILES string of the molecule is CCOC(=O)C(=Cc1c(N(C)Cc2ccccc2)n(C)c(=O)n(C)c1=O)C(=O)OCC. The predicted octanol–water partition coefficient (Wildman–Crippen LogP) is 1.23. The Morgan fingerprint density at radius 1 is 0.968 bits per heavy atom. The van der Waals surface area contributed by atoms with Gasteiger partial charge in [-0.05, 0) is 25.5 Å². The number of rotatable bonds is 8. The lowest BCUT2D eigenvalue weighted by molar-refractivity contribution is -0.146. The molecule has 0 amide bonds. The average Bonchev–Trinajstić information content (AvgIpc) is 2.74. The number of anilines is 1. The van der Waals surface area contributed by atoms with Crippen LogP contribution in [0.2, 0.25) is 0 Å². The Kier molecular flexibility index (Phi) is 7.95. The molecule has 0 aliphatic carbocycles. The maximum absolute atomic E-state index is 13.0. The first kappa shape index (κ1) is 23.7. The van der Waals surface area contributed by atoms with Gasteiger partial charge in [-0.1, -0.05) is 30.3 Å². The van der Waals surface area contributed by atoms with Crippen LogP contribution in [0.5, 0.6) is 0 Å². The van der Waals surface area contributed by atoms with Crippen LogP contribution in [0.15, 0.2) is 45.5 Å². The van der Waals surface area contributed by atoms with Crippen molar-refractivity contribution in [2.45, 2.75) is 20.4 Å². The third-order valence-electron chi connectivity index (χ3n) is 4.57. The monoisotopic (exact) mass is 429 g/mol. The van der Waals surface area contributed by atoms with E-state index < -0.39 is 28.8 Å². The van der Waals surface area contributed by atoms with Gasteiger partial charge in [-0.15, -0.1) is 0 Å². The van der Waals surface area contributed by atoms with Gasteiger partial charge in [0, 0.05) is 27.7 Å². The van der Waals surface area contributed by atoms with E-state index in [-0.39, 0.29) is 24.6 Å². The largest absolute Gasteiger partial charge is 0.462 e. The Labute approximate surface area is 180 Å². The highest BCUT2D eigenvalue weighted by Gasteiger charge is 2.25. The summed E-state index contributed by atoms with van der Waals surface area (Å²) in [6.45, 7) is 3.68. The third kappa shape index (κ3) is 5.30. The highest BCUT2D eigenvalue weighted by atomic mass is 16.6. The Morgan fingerprint density at radius 2 is 1.52 bits per heavy atom. The molecular formula is C22H27N3O6. The fraction of sp³-hybridized carbons (Fsp3) is 0.364. The Bertz CT molecular complexity index is 1080. The van der Waals surface area contributed by atoms with Crippen molar-refractivity contribution in [3.63, 3.8) is 0 Å². The molecule has 0 aliphatic heterocycles. The maximum Gasteiger partial charge on any atom is 0.345 e. The van der Waals surface area contributed by atoms with Crippen molar-refractivity contribution >= 4 is 23.8 Å². The fourth-order valence-electron chi connectivity index (χ4n) is 3.14. The van der Waals surface area contributed by atoms with E-state index in [9.17, 15) is 19.2 Å². The van der Waals surface area contributed by atoms with Crippen LogP contribution in [-0.2, 0) is 39.7 Å². The second-order valence-electron chi connectivity index (χ2n) is 6.78. The molecule has 0 atom stereocenters. The first-order valence-corrected chi connectivity index (χ1v) is 9.83. The van der Waals surface area contributed by atoms with E-state index in [4.69, 9.17) is 9.47 Å². The van der Waals surface area contributed by atoms with E-state index in [1.807, 2.05) is 30.3 Å². The molecule has 0 spiro atoms. The molecule has 0 saturated heterocycles. The molecule has 9 heteroatoms. The number of ether oxygens (including phenoxy) is 2. The zero-order chi connectivity index (χ0) is 23.1. The molecule has 166 valence electrons. The molecule has 0 radical (unpaired) electrons. The molecule has 1 heterocycles. The summed E-state index contributed by atoms with van der Waals surface area (Å²) in [6.07, 6.45) is 1.13. The number of esters is 2. The van der Waals surface area contributed by atoms with Crippen LogP contribution in [0, 0.1) is 0 Å². The minimum atomic E-state index is -0.909. The zero-order valence-electron chi connectivity index (χ0n) is 18.4. The molecule has 0 bridgehead atoms. The number of hydrogen-bond donors (Lipinski definition) is 0. The minimum absolute atomic E-state index is 0.000799. The molecule has 0 N–H and O–H groups in total. The highest BCUT2D eigenvalue weighted by molar-refractivity contribution is 6.18. The lowest BCUT2D eigenvalue weighted by Gasteiger charge is -2.24. The number of hydrogen-bond acceptors (Lipinski definition) is 7. The minimum Gasteiger partial charge on any atom is -0.462 e. The summed E-state index contributed by atoms with van der Waals surface area (Å²) in [5.74, 6) is -1.56. The summed E-state index contributed by atoms with van der Waals surface area (Å²) >= 11 is 0. The van der Waals surface area contributed by atoms with Crippen molar-refractivity contribution in [2.75, 3.05) is 25.2 Å². The lowest BCUT2D eigenvalue weighted by atomic mass is 10.1. The summed E-state index contributed by atoms with van der Waals surface area (Å²) in [5.41, 5.74) is -0.660. The molecule has 0 unspecified atom stereocenters. The quantitative estimate of drug-likeness (QED) is 0.269. The van der Waals surface area contributed by atoms with Gasteiger partial charge in [0.25, 0.3) is 5.56 Å². The van der Waals surface area contributed by atoms with Gasteiger partial charge in [-0.25, -0.2) is 14.4 Å². The summed E-state index contributed by atoms with van der Waals surface area (Å²) in [4.78, 5) is 52.1. The zero-order valence-corrected chi connectivity index (χ0v) is 18.4. The van der Waals surface area contributed by atoms with Crippen LogP contribution >= 0.6 is 0 Å². The van der Waals surface area contributed by atoms with Gasteiger partial charge in [-0.2, -0.15) is 0 Å². The molecule has 1 aromatic heterocycles. The van der Waals surface area contributed by atoms with E-state index in [1.165, 1.54) is 18.7 Å². The Hall–Kier alpha value is -3.62. The van der Waals surface area contributed by atoms with Gasteiger partial charge in [0.05, 0.1) is 18.8 Å².